The fourth-order valence-corrected chi connectivity index (χ4v) is 2.26. The molecular weight excluding hydrogens is 270 g/mol. The largest absolute Gasteiger partial charge is 0.497 e. The monoisotopic (exact) mass is 291 g/mol. The maximum absolute atomic E-state index is 5.72. The molecule has 0 radical (unpaired) electrons. The van der Waals surface area contributed by atoms with Crippen LogP contribution in [0, 0.1) is 0 Å². The number of methoxy groups -OCH3 is 2. The first-order valence-corrected chi connectivity index (χ1v) is 6.78. The van der Waals surface area contributed by atoms with Gasteiger partial charge in [-0.25, -0.2) is 4.98 Å². The number of aryl methyl sites for hydroxylation is 1. The molecule has 7 heteroatoms. The van der Waals surface area contributed by atoms with Crippen LogP contribution in [-0.2, 0) is 13.0 Å². The summed E-state index contributed by atoms with van der Waals surface area (Å²) in [6.45, 7) is 2.79. The summed E-state index contributed by atoms with van der Waals surface area (Å²) in [5, 5.41) is 4.17. The van der Waals surface area contributed by atoms with Crippen LogP contribution in [0.15, 0.2) is 24.5 Å². The van der Waals surface area contributed by atoms with E-state index in [1.807, 2.05) is 29.8 Å². The minimum atomic E-state index is -0.149. The van der Waals surface area contributed by atoms with Crippen LogP contribution in [0.3, 0.4) is 0 Å². The lowest BCUT2D eigenvalue weighted by Gasteiger charge is -2.19. The summed E-state index contributed by atoms with van der Waals surface area (Å²) in [6.07, 6.45) is 2.16. The van der Waals surface area contributed by atoms with Crippen molar-refractivity contribution in [3.63, 3.8) is 0 Å². The normalized spacial score (nSPS) is 12.2. The Bertz CT molecular complexity index is 584. The van der Waals surface area contributed by atoms with Gasteiger partial charge in [-0.15, -0.1) is 0 Å². The van der Waals surface area contributed by atoms with E-state index in [9.17, 15) is 0 Å². The van der Waals surface area contributed by atoms with Crippen molar-refractivity contribution >= 4 is 0 Å². The smallest absolute Gasteiger partial charge is 0.138 e. The number of hydrogen-bond acceptors (Lipinski definition) is 6. The lowest BCUT2D eigenvalue weighted by molar-refractivity contribution is 0.387. The Morgan fingerprint density at radius 1 is 1.33 bits per heavy atom. The van der Waals surface area contributed by atoms with E-state index in [-0.39, 0.29) is 6.04 Å². The van der Waals surface area contributed by atoms with E-state index in [1.165, 1.54) is 0 Å². The highest BCUT2D eigenvalue weighted by atomic mass is 16.5. The molecule has 0 aliphatic rings. The number of nitrogens with one attached hydrogen (secondary N) is 1. The van der Waals surface area contributed by atoms with Gasteiger partial charge in [0.2, 0.25) is 0 Å². The van der Waals surface area contributed by atoms with Crippen LogP contribution in [0.2, 0.25) is 0 Å². The third-order valence-electron chi connectivity index (χ3n) is 3.40. The number of benzene rings is 1. The zero-order valence-corrected chi connectivity index (χ0v) is 12.5. The molecule has 1 atom stereocenters. The molecule has 7 nitrogen and oxygen atoms in total. The maximum atomic E-state index is 5.72. The first-order chi connectivity index (χ1) is 10.2. The molecule has 1 heterocycles. The lowest BCUT2D eigenvalue weighted by atomic mass is 10.0. The number of rotatable bonds is 7. The molecule has 0 amide bonds. The van der Waals surface area contributed by atoms with Crippen LogP contribution in [0.4, 0.5) is 0 Å². The minimum Gasteiger partial charge on any atom is -0.497 e. The molecule has 0 fully saturated rings. The summed E-state index contributed by atoms with van der Waals surface area (Å²) in [5.74, 6) is 8.09. The number of ether oxygens (including phenoxy) is 2. The predicted molar refractivity (Wildman–Crippen MR) is 79.0 cm³/mol. The molecule has 2 aromatic rings. The fourth-order valence-electron chi connectivity index (χ4n) is 2.26. The van der Waals surface area contributed by atoms with Crippen molar-refractivity contribution in [2.24, 2.45) is 5.84 Å². The fraction of sp³-hybridized carbons (Fsp3) is 0.429. The van der Waals surface area contributed by atoms with Crippen molar-refractivity contribution in [3.8, 4) is 11.5 Å². The molecule has 0 saturated heterocycles. The van der Waals surface area contributed by atoms with E-state index >= 15 is 0 Å². The Morgan fingerprint density at radius 3 is 2.76 bits per heavy atom. The summed E-state index contributed by atoms with van der Waals surface area (Å²) in [6, 6.07) is 5.48. The Morgan fingerprint density at radius 2 is 2.14 bits per heavy atom. The second-order valence-electron chi connectivity index (χ2n) is 4.52. The Kier molecular flexibility index (Phi) is 5.13. The average molecular weight is 291 g/mol. The van der Waals surface area contributed by atoms with E-state index < -0.39 is 0 Å². The van der Waals surface area contributed by atoms with Crippen LogP contribution < -0.4 is 20.7 Å². The van der Waals surface area contributed by atoms with Crippen LogP contribution in [0.5, 0.6) is 11.5 Å². The Labute approximate surface area is 124 Å². The quantitative estimate of drug-likeness (QED) is 0.586. The number of hydrazine groups is 1. The maximum Gasteiger partial charge on any atom is 0.138 e. The standard InChI is InChI=1S/C14H21N5O2/c1-4-19-14(16-9-17-19)8-12(18-15)11-7-10(20-2)5-6-13(11)21-3/h5-7,9,12,18H,4,8,15H2,1-3H3. The highest BCUT2D eigenvalue weighted by Crippen LogP contribution is 2.30. The van der Waals surface area contributed by atoms with E-state index in [4.69, 9.17) is 15.3 Å². The average Bonchev–Trinajstić information content (AvgIpc) is 2.99. The Hall–Kier alpha value is -2.12. The SMILES string of the molecule is CCn1ncnc1CC(NN)c1cc(OC)ccc1OC. The summed E-state index contributed by atoms with van der Waals surface area (Å²) < 4.78 is 12.5. The molecule has 3 N–H and O–H groups in total. The molecule has 0 bridgehead atoms. The highest BCUT2D eigenvalue weighted by Gasteiger charge is 2.19. The number of nitrogens with zero attached hydrogens (tertiary/aromatic N) is 3. The molecule has 0 aliphatic carbocycles. The highest BCUT2D eigenvalue weighted by molar-refractivity contribution is 5.42. The molecule has 1 aromatic carbocycles. The molecule has 114 valence electrons. The van der Waals surface area contributed by atoms with Crippen molar-refractivity contribution < 1.29 is 9.47 Å². The summed E-state index contributed by atoms with van der Waals surface area (Å²) in [4.78, 5) is 4.28. The first-order valence-electron chi connectivity index (χ1n) is 6.78. The van der Waals surface area contributed by atoms with Gasteiger partial charge in [0.25, 0.3) is 0 Å². The second kappa shape index (κ2) is 7.05. The van der Waals surface area contributed by atoms with Gasteiger partial charge in [0.05, 0.1) is 20.3 Å². The van der Waals surface area contributed by atoms with Crippen molar-refractivity contribution in [2.75, 3.05) is 14.2 Å². The predicted octanol–water partition coefficient (Wildman–Crippen LogP) is 1.06. The number of nitrogens with two attached hydrogens (primary N) is 1. The zero-order valence-electron chi connectivity index (χ0n) is 12.5. The third kappa shape index (κ3) is 3.32. The van der Waals surface area contributed by atoms with Crippen LogP contribution in [-0.4, -0.2) is 29.0 Å². The van der Waals surface area contributed by atoms with Crippen molar-refractivity contribution in [3.05, 3.63) is 35.9 Å². The zero-order chi connectivity index (χ0) is 15.2. The first kappa shape index (κ1) is 15.3. The molecule has 0 saturated carbocycles. The molecule has 21 heavy (non-hydrogen) atoms. The molecule has 2 rings (SSSR count). The lowest BCUT2D eigenvalue weighted by Crippen LogP contribution is -2.30. The molecule has 1 unspecified atom stereocenters. The minimum absolute atomic E-state index is 0.149. The van der Waals surface area contributed by atoms with Crippen molar-refractivity contribution in [1.82, 2.24) is 20.2 Å². The van der Waals surface area contributed by atoms with Gasteiger partial charge in [0.15, 0.2) is 0 Å². The van der Waals surface area contributed by atoms with Crippen LogP contribution in [0.25, 0.3) is 0 Å². The topological polar surface area (TPSA) is 87.2 Å². The van der Waals surface area contributed by atoms with Gasteiger partial charge in [-0.2, -0.15) is 5.10 Å². The van der Waals surface area contributed by atoms with Gasteiger partial charge in [-0.05, 0) is 25.1 Å². The molecular formula is C14H21N5O2. The van der Waals surface area contributed by atoms with Gasteiger partial charge in [-0.1, -0.05) is 0 Å². The second-order valence-corrected chi connectivity index (χ2v) is 4.52. The van der Waals surface area contributed by atoms with E-state index in [2.05, 4.69) is 15.5 Å². The van der Waals surface area contributed by atoms with Gasteiger partial charge in [0, 0.05) is 18.5 Å². The third-order valence-corrected chi connectivity index (χ3v) is 3.40. The van der Waals surface area contributed by atoms with Crippen LogP contribution >= 0.6 is 0 Å². The number of hydrogen-bond donors (Lipinski definition) is 2. The van der Waals surface area contributed by atoms with Gasteiger partial charge in [0.1, 0.15) is 23.7 Å². The molecule has 0 spiro atoms. The van der Waals surface area contributed by atoms with Crippen molar-refractivity contribution in [1.29, 1.82) is 0 Å². The van der Waals surface area contributed by atoms with E-state index in [0.29, 0.717) is 6.42 Å². The van der Waals surface area contributed by atoms with Gasteiger partial charge < -0.3 is 9.47 Å². The molecule has 0 aliphatic heterocycles. The van der Waals surface area contributed by atoms with Crippen molar-refractivity contribution in [2.45, 2.75) is 25.9 Å². The summed E-state index contributed by atoms with van der Waals surface area (Å²) in [5.41, 5.74) is 3.74. The summed E-state index contributed by atoms with van der Waals surface area (Å²) >= 11 is 0. The summed E-state index contributed by atoms with van der Waals surface area (Å²) in [7, 11) is 3.26. The van der Waals surface area contributed by atoms with E-state index in [1.54, 1.807) is 20.5 Å². The molecule has 1 aromatic heterocycles. The number of aromatic nitrogens is 3. The Balaban J connectivity index is 2.32. The van der Waals surface area contributed by atoms with Crippen LogP contribution in [0.1, 0.15) is 24.4 Å². The van der Waals surface area contributed by atoms with E-state index in [0.717, 1.165) is 29.4 Å². The van der Waals surface area contributed by atoms with Gasteiger partial charge in [-0.3, -0.25) is 16.0 Å². The van der Waals surface area contributed by atoms with Gasteiger partial charge >= 0.3 is 0 Å².